The van der Waals surface area contributed by atoms with Crippen molar-refractivity contribution in [3.8, 4) is 0 Å². The molecular weight excluding hydrogens is 362 g/mol. The lowest BCUT2D eigenvalue weighted by Crippen LogP contribution is -2.51. The largest absolute Gasteiger partial charge is 0.481 e. The van der Waals surface area contributed by atoms with E-state index in [0.29, 0.717) is 43.4 Å². The minimum atomic E-state index is -0.836. The van der Waals surface area contributed by atoms with E-state index in [0.717, 1.165) is 38.6 Å². The van der Waals surface area contributed by atoms with Gasteiger partial charge < -0.3 is 19.8 Å². The highest BCUT2D eigenvalue weighted by Crippen LogP contribution is 2.18. The van der Waals surface area contributed by atoms with Gasteiger partial charge in [-0.05, 0) is 32.1 Å². The van der Waals surface area contributed by atoms with Crippen LogP contribution in [0.2, 0.25) is 0 Å². The van der Waals surface area contributed by atoms with Crippen LogP contribution in [0.25, 0.3) is 0 Å². The summed E-state index contributed by atoms with van der Waals surface area (Å²) < 4.78 is 0.624. The quantitative estimate of drug-likeness (QED) is 0.172. The highest BCUT2D eigenvalue weighted by Gasteiger charge is 2.27. The molecule has 0 bridgehead atoms. The Kier molecular flexibility index (Phi) is 15.0. The maximum atomic E-state index is 10.9. The lowest BCUT2D eigenvalue weighted by Gasteiger charge is -2.39. The summed E-state index contributed by atoms with van der Waals surface area (Å²) >= 11 is 0. The summed E-state index contributed by atoms with van der Waals surface area (Å²) in [6.07, 6.45) is 11.4. The molecule has 0 radical (unpaired) electrons. The SMILES string of the molecule is CC/C=C/CCCCC[N+](CCCC(=O)O)(CCCC(=O)O)CCCC(=O)O. The Morgan fingerprint density at radius 2 is 1.07 bits per heavy atom. The molecule has 162 valence electrons. The number of carboxylic acids is 3. The van der Waals surface area contributed by atoms with Crippen molar-refractivity contribution < 1.29 is 34.2 Å². The van der Waals surface area contributed by atoms with Crippen LogP contribution in [0.3, 0.4) is 0 Å². The average Bonchev–Trinajstić information content (AvgIpc) is 2.60. The first-order valence-corrected chi connectivity index (χ1v) is 10.5. The van der Waals surface area contributed by atoms with E-state index in [4.69, 9.17) is 15.3 Å². The molecule has 0 aliphatic rings. The van der Waals surface area contributed by atoms with Crippen molar-refractivity contribution in [2.45, 2.75) is 77.6 Å². The van der Waals surface area contributed by atoms with Gasteiger partial charge in [0, 0.05) is 19.3 Å². The fourth-order valence-corrected chi connectivity index (χ4v) is 3.54. The van der Waals surface area contributed by atoms with Crippen molar-refractivity contribution in [1.29, 1.82) is 0 Å². The highest BCUT2D eigenvalue weighted by molar-refractivity contribution is 5.67. The lowest BCUT2D eigenvalue weighted by molar-refractivity contribution is -0.929. The van der Waals surface area contributed by atoms with Crippen LogP contribution >= 0.6 is 0 Å². The van der Waals surface area contributed by atoms with Crippen molar-refractivity contribution in [2.75, 3.05) is 26.2 Å². The molecule has 3 N–H and O–H groups in total. The van der Waals surface area contributed by atoms with Gasteiger partial charge in [-0.25, -0.2) is 0 Å². The topological polar surface area (TPSA) is 112 Å². The molecule has 0 atom stereocenters. The second-order valence-corrected chi connectivity index (χ2v) is 7.46. The van der Waals surface area contributed by atoms with Gasteiger partial charge in [0.15, 0.2) is 0 Å². The first-order chi connectivity index (χ1) is 13.3. The zero-order chi connectivity index (χ0) is 21.3. The van der Waals surface area contributed by atoms with Crippen molar-refractivity contribution in [3.63, 3.8) is 0 Å². The molecule has 28 heavy (non-hydrogen) atoms. The molecule has 0 unspecified atom stereocenters. The molecule has 0 heterocycles. The first kappa shape index (κ1) is 26.1. The Bertz CT molecular complexity index is 439. The summed E-state index contributed by atoms with van der Waals surface area (Å²) in [5.41, 5.74) is 0. The third kappa shape index (κ3) is 15.2. The van der Waals surface area contributed by atoms with Crippen molar-refractivity contribution in [1.82, 2.24) is 0 Å². The van der Waals surface area contributed by atoms with Gasteiger partial charge in [0.25, 0.3) is 0 Å². The van der Waals surface area contributed by atoms with Crippen molar-refractivity contribution >= 4 is 17.9 Å². The van der Waals surface area contributed by atoms with Gasteiger partial charge in [0.05, 0.1) is 45.4 Å². The molecule has 0 spiro atoms. The Labute approximate surface area is 168 Å². The molecule has 0 aliphatic carbocycles. The molecule has 0 fully saturated rings. The van der Waals surface area contributed by atoms with Crippen LogP contribution in [0.5, 0.6) is 0 Å². The number of unbranched alkanes of at least 4 members (excludes halogenated alkanes) is 3. The third-order valence-corrected chi connectivity index (χ3v) is 4.97. The van der Waals surface area contributed by atoms with Crippen LogP contribution in [0.4, 0.5) is 0 Å². The molecule has 7 nitrogen and oxygen atoms in total. The van der Waals surface area contributed by atoms with E-state index in [2.05, 4.69) is 19.1 Å². The Hall–Kier alpha value is -1.89. The molecule has 0 saturated heterocycles. The Balaban J connectivity index is 4.85. The van der Waals surface area contributed by atoms with Gasteiger partial charge in [-0.3, -0.25) is 14.4 Å². The number of nitrogens with zero attached hydrogens (tertiary/aromatic N) is 1. The highest BCUT2D eigenvalue weighted by atomic mass is 16.4. The van der Waals surface area contributed by atoms with E-state index in [1.807, 2.05) is 0 Å². The van der Waals surface area contributed by atoms with Gasteiger partial charge in [0.1, 0.15) is 0 Å². The van der Waals surface area contributed by atoms with E-state index in [1.54, 1.807) is 0 Å². The fraction of sp³-hybridized carbons (Fsp3) is 0.762. The van der Waals surface area contributed by atoms with Crippen molar-refractivity contribution in [2.24, 2.45) is 0 Å². The Morgan fingerprint density at radius 3 is 1.46 bits per heavy atom. The smallest absolute Gasteiger partial charge is 0.303 e. The van der Waals surface area contributed by atoms with Crippen LogP contribution in [-0.4, -0.2) is 63.9 Å². The van der Waals surface area contributed by atoms with Crippen LogP contribution < -0.4 is 0 Å². The molecule has 0 aliphatic heterocycles. The number of quaternary nitrogens is 1. The molecule has 0 aromatic heterocycles. The molecule has 0 aromatic carbocycles. The summed E-state index contributed by atoms with van der Waals surface area (Å²) in [6, 6.07) is 0. The van der Waals surface area contributed by atoms with Crippen LogP contribution in [0, 0.1) is 0 Å². The van der Waals surface area contributed by atoms with Crippen LogP contribution in [0.1, 0.15) is 77.6 Å². The van der Waals surface area contributed by atoms with Gasteiger partial charge >= 0.3 is 17.9 Å². The number of carboxylic acid groups (broad SMARTS) is 3. The van der Waals surface area contributed by atoms with E-state index >= 15 is 0 Å². The third-order valence-electron chi connectivity index (χ3n) is 4.97. The van der Waals surface area contributed by atoms with Crippen LogP contribution in [-0.2, 0) is 14.4 Å². The summed E-state index contributed by atoms with van der Waals surface area (Å²) in [7, 11) is 0. The van der Waals surface area contributed by atoms with E-state index < -0.39 is 17.9 Å². The van der Waals surface area contributed by atoms with E-state index in [9.17, 15) is 14.4 Å². The van der Waals surface area contributed by atoms with Gasteiger partial charge in [-0.15, -0.1) is 0 Å². The minimum absolute atomic E-state index is 0.0830. The molecule has 7 heteroatoms. The predicted octanol–water partition coefficient (Wildman–Crippen LogP) is 3.92. The summed E-state index contributed by atoms with van der Waals surface area (Å²) in [5.74, 6) is -2.51. The summed E-state index contributed by atoms with van der Waals surface area (Å²) in [6.45, 7) is 4.91. The standard InChI is InChI=1S/C21H37NO6/c1-2-3-4-5-6-7-8-15-22(16-9-12-19(23)24,17-10-13-20(25)26)18-11-14-21(27)28/h3-4H,2,5-18H2,1H3,(H2-,23,24,25,26,27,28)/p+1/b4-3+. The number of hydrogen-bond acceptors (Lipinski definition) is 3. The van der Waals surface area contributed by atoms with E-state index in [-0.39, 0.29) is 19.3 Å². The fourth-order valence-electron chi connectivity index (χ4n) is 3.54. The average molecular weight is 401 g/mol. The number of hydrogen-bond donors (Lipinski definition) is 3. The molecule has 0 aromatic rings. The van der Waals surface area contributed by atoms with Gasteiger partial charge in [-0.1, -0.05) is 19.1 Å². The summed E-state index contributed by atoms with van der Waals surface area (Å²) in [4.78, 5) is 32.7. The first-order valence-electron chi connectivity index (χ1n) is 10.5. The zero-order valence-electron chi connectivity index (χ0n) is 17.3. The monoisotopic (exact) mass is 400 g/mol. The maximum Gasteiger partial charge on any atom is 0.303 e. The minimum Gasteiger partial charge on any atom is -0.481 e. The normalized spacial score (nSPS) is 11.8. The summed E-state index contributed by atoms with van der Waals surface area (Å²) in [5, 5.41) is 26.9. The van der Waals surface area contributed by atoms with Crippen LogP contribution in [0.15, 0.2) is 12.2 Å². The number of rotatable bonds is 19. The van der Waals surface area contributed by atoms with Gasteiger partial charge in [-0.2, -0.15) is 0 Å². The Morgan fingerprint density at radius 1 is 0.643 bits per heavy atom. The maximum absolute atomic E-state index is 10.9. The molecule has 0 rings (SSSR count). The zero-order valence-corrected chi connectivity index (χ0v) is 17.3. The second kappa shape index (κ2) is 16.1. The van der Waals surface area contributed by atoms with E-state index in [1.165, 1.54) is 0 Å². The second-order valence-electron chi connectivity index (χ2n) is 7.46. The predicted molar refractivity (Wildman–Crippen MR) is 108 cm³/mol. The molecule has 0 amide bonds. The number of allylic oxidation sites excluding steroid dienone is 2. The molecule has 0 saturated carbocycles. The number of aliphatic carboxylic acids is 3. The lowest BCUT2D eigenvalue weighted by atomic mass is 10.1. The molecular formula is C21H38NO6+. The van der Waals surface area contributed by atoms with Gasteiger partial charge in [0.2, 0.25) is 0 Å². The van der Waals surface area contributed by atoms with Crippen molar-refractivity contribution in [3.05, 3.63) is 12.2 Å². The number of carbonyl (C=O) groups is 3.